The van der Waals surface area contributed by atoms with Crippen molar-refractivity contribution in [1.82, 2.24) is 0 Å². The van der Waals surface area contributed by atoms with Gasteiger partial charge in [-0.05, 0) is 0 Å². The number of hydrogen-bond donors (Lipinski definition) is 0. The van der Waals surface area contributed by atoms with Crippen molar-refractivity contribution in [2.45, 2.75) is 7.43 Å². The predicted molar refractivity (Wildman–Crippen MR) is 17.3 cm³/mol. The number of rotatable bonds is 0. The third-order valence-electron chi connectivity index (χ3n) is 0. The van der Waals surface area contributed by atoms with Gasteiger partial charge in [0, 0.05) is 0 Å². The molecular weight excluding hydrogens is 153 g/mol. The van der Waals surface area contributed by atoms with E-state index < -0.39 is 0 Å². The number of hydrogen-bond acceptors (Lipinski definition) is 1. The molecule has 0 aromatic carbocycles. The third kappa shape index (κ3) is 56700. The van der Waals surface area contributed by atoms with Gasteiger partial charge in [-0.15, -0.1) is 12.8 Å². The van der Waals surface area contributed by atoms with Crippen LogP contribution in [0, 0.1) is 12.8 Å². The fourth-order valence-corrected chi connectivity index (χ4v) is 0. The molecular formula is C3H6ORu. The van der Waals surface area contributed by atoms with E-state index in [4.69, 9.17) is 3.57 Å². The Kier molecular flexibility index (Phi) is 516000. The minimum atomic E-state index is 0. The average molecular weight is 159 g/mol. The molecule has 0 aliphatic carbocycles. The zero-order chi connectivity index (χ0) is 4.00. The molecule has 0 unspecified atom stereocenters. The maximum absolute atomic E-state index is 8.18. The Morgan fingerprint density at radius 3 is 1.20 bits per heavy atom. The fraction of sp³-hybridized carbons (Fsp3) is 0.333. The monoisotopic (exact) mass is 160 g/mol. The summed E-state index contributed by atoms with van der Waals surface area (Å²) in [5, 5.41) is 0. The second kappa shape index (κ2) is 128000. The molecule has 0 spiro atoms. The summed E-state index contributed by atoms with van der Waals surface area (Å²) >= 11 is 1.10. The van der Waals surface area contributed by atoms with Crippen LogP contribution in [0.3, 0.4) is 0 Å². The SMILES string of the molecule is C.C#C.[O]=[Ru]. The summed E-state index contributed by atoms with van der Waals surface area (Å²) in [6, 6.07) is 0. The van der Waals surface area contributed by atoms with Crippen LogP contribution in [-0.2, 0) is 21.8 Å². The van der Waals surface area contributed by atoms with E-state index in [2.05, 4.69) is 12.8 Å². The Hall–Kier alpha value is -0.0166. The molecule has 0 aliphatic rings. The van der Waals surface area contributed by atoms with Crippen molar-refractivity contribution in [2.75, 3.05) is 0 Å². The Labute approximate surface area is 42.7 Å². The number of terminal acetylenes is 1. The zero-order valence-electron chi connectivity index (χ0n) is 1.92. The van der Waals surface area contributed by atoms with Gasteiger partial charge in [0.2, 0.25) is 0 Å². The first-order chi connectivity index (χ1) is 2.00. The van der Waals surface area contributed by atoms with Crippen molar-refractivity contribution in [3.05, 3.63) is 0 Å². The predicted octanol–water partition coefficient (Wildman–Crippen LogP) is 0.764. The summed E-state index contributed by atoms with van der Waals surface area (Å²) in [5.41, 5.74) is 0. The molecule has 0 amide bonds. The van der Waals surface area contributed by atoms with E-state index in [0.717, 1.165) is 18.3 Å². The van der Waals surface area contributed by atoms with E-state index in [9.17, 15) is 0 Å². The molecule has 0 atom stereocenters. The van der Waals surface area contributed by atoms with Crippen molar-refractivity contribution in [2.24, 2.45) is 0 Å². The van der Waals surface area contributed by atoms with Gasteiger partial charge in [-0.2, -0.15) is 0 Å². The zero-order valence-corrected chi connectivity index (χ0v) is 3.65. The Bertz CT molecular complexity index is 18.1. The molecule has 0 aromatic heterocycles. The van der Waals surface area contributed by atoms with Crippen LogP contribution < -0.4 is 0 Å². The first-order valence-electron chi connectivity index (χ1n) is 0.478. The summed E-state index contributed by atoms with van der Waals surface area (Å²) in [5.74, 6) is 0. The molecule has 0 heterocycles. The second-order valence-corrected chi connectivity index (χ2v) is 0. The third-order valence-corrected chi connectivity index (χ3v) is 0. The van der Waals surface area contributed by atoms with Gasteiger partial charge in [0.25, 0.3) is 0 Å². The van der Waals surface area contributed by atoms with Gasteiger partial charge in [-0.1, -0.05) is 7.43 Å². The van der Waals surface area contributed by atoms with Crippen LogP contribution in [0.4, 0.5) is 0 Å². The van der Waals surface area contributed by atoms with Gasteiger partial charge in [0.05, 0.1) is 0 Å². The molecule has 0 saturated heterocycles. The standard InChI is InChI=1S/C2H2.CH4.O.Ru/c1-2;;;/h1-2H;1H4;;. The summed E-state index contributed by atoms with van der Waals surface area (Å²) < 4.78 is 8.18. The molecule has 32 valence electrons. The first-order valence-corrected chi connectivity index (χ1v) is 1.19. The van der Waals surface area contributed by atoms with Gasteiger partial charge < -0.3 is 0 Å². The van der Waals surface area contributed by atoms with Crippen molar-refractivity contribution < 1.29 is 21.8 Å². The van der Waals surface area contributed by atoms with E-state index >= 15 is 0 Å². The van der Waals surface area contributed by atoms with Crippen LogP contribution >= 0.6 is 0 Å². The van der Waals surface area contributed by atoms with Crippen LogP contribution in [0.25, 0.3) is 0 Å². The maximum atomic E-state index is 8.18. The molecule has 1 nitrogen and oxygen atoms in total. The average Bonchev–Trinajstić information content (AvgIpc) is 1.50. The van der Waals surface area contributed by atoms with Gasteiger partial charge in [0.15, 0.2) is 0 Å². The minimum absolute atomic E-state index is 0. The van der Waals surface area contributed by atoms with Crippen LogP contribution in [0.1, 0.15) is 7.43 Å². The summed E-state index contributed by atoms with van der Waals surface area (Å²) in [6.45, 7) is 0. The summed E-state index contributed by atoms with van der Waals surface area (Å²) in [7, 11) is 0. The van der Waals surface area contributed by atoms with Gasteiger partial charge in [0.1, 0.15) is 0 Å². The quantitative estimate of drug-likeness (QED) is 0.377. The molecule has 5 heavy (non-hydrogen) atoms. The van der Waals surface area contributed by atoms with Crippen LogP contribution in [-0.4, -0.2) is 0 Å². The van der Waals surface area contributed by atoms with Gasteiger partial charge >= 0.3 is 21.8 Å². The first kappa shape index (κ1) is 20.1. The van der Waals surface area contributed by atoms with Crippen molar-refractivity contribution in [1.29, 1.82) is 0 Å². The van der Waals surface area contributed by atoms with Gasteiger partial charge in [-0.3, -0.25) is 0 Å². The molecule has 0 saturated carbocycles. The molecule has 0 bridgehead atoms. The summed E-state index contributed by atoms with van der Waals surface area (Å²) in [6.07, 6.45) is 8.00. The molecule has 2 heteroatoms. The van der Waals surface area contributed by atoms with Gasteiger partial charge in [-0.25, -0.2) is 0 Å². The molecule has 0 N–H and O–H groups in total. The molecule has 0 aromatic rings. The van der Waals surface area contributed by atoms with E-state index in [1.165, 1.54) is 0 Å². The Balaban J connectivity index is -0.0000000133. The van der Waals surface area contributed by atoms with Crippen molar-refractivity contribution >= 4 is 0 Å². The normalized spacial score (nSPS) is 1.40. The van der Waals surface area contributed by atoms with Crippen LogP contribution in [0.5, 0.6) is 0 Å². The topological polar surface area (TPSA) is 17.1 Å². The molecule has 0 radical (unpaired) electrons. The fourth-order valence-electron chi connectivity index (χ4n) is 0. The van der Waals surface area contributed by atoms with E-state index in [0.29, 0.717) is 0 Å². The Morgan fingerprint density at radius 1 is 1.20 bits per heavy atom. The molecule has 0 rings (SSSR count). The molecule has 0 fully saturated rings. The van der Waals surface area contributed by atoms with E-state index in [1.54, 1.807) is 0 Å². The van der Waals surface area contributed by atoms with Crippen molar-refractivity contribution in [3.63, 3.8) is 0 Å². The van der Waals surface area contributed by atoms with Crippen LogP contribution in [0.2, 0.25) is 0 Å². The Morgan fingerprint density at radius 2 is 1.20 bits per heavy atom. The van der Waals surface area contributed by atoms with Crippen molar-refractivity contribution in [3.8, 4) is 12.8 Å². The summed E-state index contributed by atoms with van der Waals surface area (Å²) in [4.78, 5) is 0. The second-order valence-electron chi connectivity index (χ2n) is 0. The van der Waals surface area contributed by atoms with E-state index in [-0.39, 0.29) is 7.43 Å². The van der Waals surface area contributed by atoms with E-state index in [1.807, 2.05) is 0 Å². The van der Waals surface area contributed by atoms with Crippen LogP contribution in [0.15, 0.2) is 0 Å². The molecule has 0 aliphatic heterocycles.